The lowest BCUT2D eigenvalue weighted by Crippen LogP contribution is -2.27. The lowest BCUT2D eigenvalue weighted by Gasteiger charge is -2.13. The maximum Gasteiger partial charge on any atom is 0.314 e. The molecule has 6 heteroatoms. The van der Waals surface area contributed by atoms with Crippen LogP contribution in [0.2, 0.25) is 0 Å². The molecule has 0 unspecified atom stereocenters. The molecule has 0 saturated heterocycles. The third-order valence-electron chi connectivity index (χ3n) is 3.93. The highest BCUT2D eigenvalue weighted by Gasteiger charge is 2.21. The van der Waals surface area contributed by atoms with Gasteiger partial charge >= 0.3 is 5.97 Å². The van der Waals surface area contributed by atoms with Gasteiger partial charge in [0, 0.05) is 5.71 Å². The summed E-state index contributed by atoms with van der Waals surface area (Å²) >= 11 is 0. The standard InChI is InChI=1S/C19H22N2O4/c1-4-15(19(24)25-5-2)12(3)20-21-18(23)16-10-13-8-6-7-9-14(13)11-17(16)22/h6-11,15,22H,4-5H2,1-3H3,(H,21,23)/b20-12-/t15-/m1/s1. The fourth-order valence-corrected chi connectivity index (χ4v) is 2.56. The van der Waals surface area contributed by atoms with Gasteiger partial charge in [-0.05, 0) is 43.2 Å². The van der Waals surface area contributed by atoms with E-state index in [2.05, 4.69) is 10.5 Å². The maximum atomic E-state index is 12.3. The summed E-state index contributed by atoms with van der Waals surface area (Å²) in [5.74, 6) is -1.54. The Morgan fingerprint density at radius 3 is 2.44 bits per heavy atom. The summed E-state index contributed by atoms with van der Waals surface area (Å²) in [6.45, 7) is 5.53. The van der Waals surface area contributed by atoms with Crippen LogP contribution >= 0.6 is 0 Å². The van der Waals surface area contributed by atoms with Crippen molar-refractivity contribution in [3.63, 3.8) is 0 Å². The number of rotatable bonds is 6. The third kappa shape index (κ3) is 4.35. The molecule has 6 nitrogen and oxygen atoms in total. The average Bonchev–Trinajstić information content (AvgIpc) is 2.60. The lowest BCUT2D eigenvalue weighted by atomic mass is 10.0. The molecule has 2 aromatic carbocycles. The number of carbonyl (C=O) groups excluding carboxylic acids is 2. The number of nitrogens with zero attached hydrogens (tertiary/aromatic N) is 1. The van der Waals surface area contributed by atoms with Gasteiger partial charge in [-0.15, -0.1) is 0 Å². The minimum absolute atomic E-state index is 0.124. The zero-order valence-corrected chi connectivity index (χ0v) is 14.6. The number of fused-ring (bicyclic) bond motifs is 1. The van der Waals surface area contributed by atoms with Crippen molar-refractivity contribution in [1.82, 2.24) is 5.43 Å². The molecular formula is C19H22N2O4. The van der Waals surface area contributed by atoms with E-state index < -0.39 is 11.8 Å². The molecule has 0 fully saturated rings. The highest BCUT2D eigenvalue weighted by molar-refractivity contribution is 6.04. The number of esters is 1. The molecule has 0 radical (unpaired) electrons. The number of aromatic hydroxyl groups is 1. The Morgan fingerprint density at radius 2 is 1.84 bits per heavy atom. The van der Waals surface area contributed by atoms with Crippen molar-refractivity contribution < 1.29 is 19.4 Å². The van der Waals surface area contributed by atoms with Crippen LogP contribution in [-0.4, -0.2) is 29.3 Å². The number of phenols is 1. The van der Waals surface area contributed by atoms with E-state index in [1.54, 1.807) is 19.9 Å². The largest absolute Gasteiger partial charge is 0.507 e. The fourth-order valence-electron chi connectivity index (χ4n) is 2.56. The first-order chi connectivity index (χ1) is 12.0. The number of hydrazone groups is 1. The van der Waals surface area contributed by atoms with E-state index in [1.807, 2.05) is 31.2 Å². The van der Waals surface area contributed by atoms with Gasteiger partial charge in [0.15, 0.2) is 0 Å². The predicted molar refractivity (Wildman–Crippen MR) is 96.6 cm³/mol. The summed E-state index contributed by atoms with van der Waals surface area (Å²) in [5, 5.41) is 15.8. The van der Waals surface area contributed by atoms with Crippen molar-refractivity contribution in [2.45, 2.75) is 27.2 Å². The molecule has 0 aromatic heterocycles. The average molecular weight is 342 g/mol. The Kier molecular flexibility index (Phi) is 6.11. The molecule has 2 aromatic rings. The zero-order valence-electron chi connectivity index (χ0n) is 14.6. The predicted octanol–water partition coefficient (Wildman–Crippen LogP) is 3.24. The van der Waals surface area contributed by atoms with Crippen LogP contribution in [0.4, 0.5) is 0 Å². The van der Waals surface area contributed by atoms with Gasteiger partial charge in [-0.3, -0.25) is 9.59 Å². The second kappa shape index (κ2) is 8.28. The van der Waals surface area contributed by atoms with Crippen LogP contribution < -0.4 is 5.43 Å². The molecule has 0 saturated carbocycles. The van der Waals surface area contributed by atoms with Crippen LogP contribution in [0, 0.1) is 5.92 Å². The van der Waals surface area contributed by atoms with Crippen molar-refractivity contribution >= 4 is 28.4 Å². The van der Waals surface area contributed by atoms with E-state index in [0.717, 1.165) is 10.8 Å². The number of hydrogen-bond acceptors (Lipinski definition) is 5. The SMILES string of the molecule is CCOC(=O)[C@H](CC)/C(C)=N\NC(=O)c1cc2ccccc2cc1O. The van der Waals surface area contributed by atoms with Gasteiger partial charge in [-0.1, -0.05) is 31.2 Å². The number of amides is 1. The van der Waals surface area contributed by atoms with Crippen LogP contribution in [0.5, 0.6) is 5.75 Å². The molecule has 0 aliphatic rings. The second-order valence-electron chi connectivity index (χ2n) is 5.62. The lowest BCUT2D eigenvalue weighted by molar-refractivity contribution is -0.145. The van der Waals surface area contributed by atoms with E-state index in [1.165, 1.54) is 6.07 Å². The summed E-state index contributed by atoms with van der Waals surface area (Å²) < 4.78 is 5.00. The van der Waals surface area contributed by atoms with E-state index in [-0.39, 0.29) is 17.3 Å². The van der Waals surface area contributed by atoms with Gasteiger partial charge in [0.1, 0.15) is 5.75 Å². The summed E-state index contributed by atoms with van der Waals surface area (Å²) in [6, 6.07) is 10.6. The van der Waals surface area contributed by atoms with Crippen LogP contribution in [0.3, 0.4) is 0 Å². The molecule has 0 spiro atoms. The minimum Gasteiger partial charge on any atom is -0.507 e. The zero-order chi connectivity index (χ0) is 18.4. The summed E-state index contributed by atoms with van der Waals surface area (Å²) in [4.78, 5) is 24.2. The molecule has 1 amide bonds. The number of hydrogen-bond donors (Lipinski definition) is 2. The summed E-state index contributed by atoms with van der Waals surface area (Å²) in [5.41, 5.74) is 2.98. The molecule has 0 aliphatic heterocycles. The van der Waals surface area contributed by atoms with Gasteiger partial charge in [-0.2, -0.15) is 5.10 Å². The molecule has 0 bridgehead atoms. The normalized spacial score (nSPS) is 12.7. The molecule has 0 heterocycles. The number of ether oxygens (including phenoxy) is 1. The number of nitrogens with one attached hydrogen (secondary N) is 1. The van der Waals surface area contributed by atoms with E-state index >= 15 is 0 Å². The van der Waals surface area contributed by atoms with Crippen molar-refractivity contribution in [2.75, 3.05) is 6.61 Å². The Labute approximate surface area is 146 Å². The molecule has 2 N–H and O–H groups in total. The highest BCUT2D eigenvalue weighted by Crippen LogP contribution is 2.24. The highest BCUT2D eigenvalue weighted by atomic mass is 16.5. The molecule has 25 heavy (non-hydrogen) atoms. The van der Waals surface area contributed by atoms with Crippen molar-refractivity contribution in [2.24, 2.45) is 11.0 Å². The van der Waals surface area contributed by atoms with E-state index in [4.69, 9.17) is 4.74 Å². The molecule has 2 rings (SSSR count). The number of benzene rings is 2. The van der Waals surface area contributed by atoms with Gasteiger partial charge in [0.25, 0.3) is 5.91 Å². The van der Waals surface area contributed by atoms with Crippen LogP contribution in [0.15, 0.2) is 41.5 Å². The molecular weight excluding hydrogens is 320 g/mol. The first-order valence-electron chi connectivity index (χ1n) is 8.20. The molecule has 132 valence electrons. The van der Waals surface area contributed by atoms with Crippen LogP contribution in [0.25, 0.3) is 10.8 Å². The monoisotopic (exact) mass is 342 g/mol. The Bertz CT molecular complexity index is 814. The van der Waals surface area contributed by atoms with Crippen molar-refractivity contribution in [3.05, 3.63) is 42.0 Å². The number of carbonyl (C=O) groups is 2. The smallest absolute Gasteiger partial charge is 0.314 e. The number of phenolic OH excluding ortho intramolecular Hbond substituents is 1. The quantitative estimate of drug-likeness (QED) is 0.479. The van der Waals surface area contributed by atoms with E-state index in [9.17, 15) is 14.7 Å². The first-order valence-corrected chi connectivity index (χ1v) is 8.20. The van der Waals surface area contributed by atoms with E-state index in [0.29, 0.717) is 18.7 Å². The first kappa shape index (κ1) is 18.4. The summed E-state index contributed by atoms with van der Waals surface area (Å²) in [7, 11) is 0. The van der Waals surface area contributed by atoms with Crippen molar-refractivity contribution in [1.29, 1.82) is 0 Å². The van der Waals surface area contributed by atoms with Gasteiger partial charge < -0.3 is 9.84 Å². The van der Waals surface area contributed by atoms with Crippen LogP contribution in [0.1, 0.15) is 37.6 Å². The van der Waals surface area contributed by atoms with Crippen molar-refractivity contribution in [3.8, 4) is 5.75 Å². The molecule has 0 aliphatic carbocycles. The fraction of sp³-hybridized carbons (Fsp3) is 0.316. The molecule has 1 atom stereocenters. The Morgan fingerprint density at radius 1 is 1.20 bits per heavy atom. The third-order valence-corrected chi connectivity index (χ3v) is 3.93. The maximum absolute atomic E-state index is 12.3. The van der Waals surface area contributed by atoms with Gasteiger partial charge in [-0.25, -0.2) is 5.43 Å². The van der Waals surface area contributed by atoms with Gasteiger partial charge in [0.2, 0.25) is 0 Å². The second-order valence-corrected chi connectivity index (χ2v) is 5.62. The Balaban J connectivity index is 2.18. The van der Waals surface area contributed by atoms with Crippen LogP contribution in [-0.2, 0) is 9.53 Å². The minimum atomic E-state index is -0.540. The summed E-state index contributed by atoms with van der Waals surface area (Å²) in [6.07, 6.45) is 0.519. The van der Waals surface area contributed by atoms with Gasteiger partial charge in [0.05, 0.1) is 18.1 Å². The topological polar surface area (TPSA) is 88.0 Å². The Hall–Kier alpha value is -2.89.